The molecular formula is C11H23F3N2O. The molecule has 0 spiro atoms. The summed E-state index contributed by atoms with van der Waals surface area (Å²) in [6, 6.07) is -0.121. The minimum atomic E-state index is -4.12. The summed E-state index contributed by atoms with van der Waals surface area (Å²) in [5.41, 5.74) is 0. The van der Waals surface area contributed by atoms with Gasteiger partial charge in [0.05, 0.1) is 6.54 Å². The van der Waals surface area contributed by atoms with Crippen LogP contribution in [0.25, 0.3) is 0 Å². The molecule has 1 unspecified atom stereocenters. The summed E-state index contributed by atoms with van der Waals surface area (Å²) in [7, 11) is 1.63. The highest BCUT2D eigenvalue weighted by atomic mass is 19.4. The molecule has 0 aromatic rings. The normalized spacial score (nSPS) is 14.3. The van der Waals surface area contributed by atoms with E-state index in [1.165, 1.54) is 4.90 Å². The van der Waals surface area contributed by atoms with Crippen molar-refractivity contribution in [3.05, 3.63) is 0 Å². The number of hydrogen-bond acceptors (Lipinski definition) is 3. The molecular weight excluding hydrogens is 233 g/mol. The lowest BCUT2D eigenvalue weighted by Gasteiger charge is -2.28. The highest BCUT2D eigenvalue weighted by Crippen LogP contribution is 2.17. The summed E-state index contributed by atoms with van der Waals surface area (Å²) in [4.78, 5) is 1.42. The second-order valence-electron chi connectivity index (χ2n) is 4.08. The Kier molecular flexibility index (Phi) is 8.55. The zero-order chi connectivity index (χ0) is 13.3. The van der Waals surface area contributed by atoms with Crippen molar-refractivity contribution < 1.29 is 17.9 Å². The summed E-state index contributed by atoms with van der Waals surface area (Å²) < 4.78 is 41.7. The quantitative estimate of drug-likeness (QED) is 0.638. The molecule has 0 aliphatic rings. The van der Waals surface area contributed by atoms with Crippen molar-refractivity contribution in [1.82, 2.24) is 10.2 Å². The fourth-order valence-corrected chi connectivity index (χ4v) is 1.59. The van der Waals surface area contributed by atoms with Gasteiger partial charge in [-0.15, -0.1) is 0 Å². The van der Waals surface area contributed by atoms with E-state index in [4.69, 9.17) is 4.74 Å². The van der Waals surface area contributed by atoms with Crippen molar-refractivity contribution >= 4 is 0 Å². The van der Waals surface area contributed by atoms with E-state index in [1.54, 1.807) is 21.0 Å². The molecule has 0 heterocycles. The Morgan fingerprint density at radius 2 is 2.00 bits per heavy atom. The predicted molar refractivity (Wildman–Crippen MR) is 62.1 cm³/mol. The minimum absolute atomic E-state index is 0.121. The molecule has 0 rings (SSSR count). The smallest absolute Gasteiger partial charge is 0.385 e. The van der Waals surface area contributed by atoms with Crippen molar-refractivity contribution in [3.8, 4) is 0 Å². The SMILES string of the molecule is CCN(CC(F)(F)F)C(C)CNCCCOC. The lowest BCUT2D eigenvalue weighted by Crippen LogP contribution is -2.45. The Morgan fingerprint density at radius 3 is 2.47 bits per heavy atom. The van der Waals surface area contributed by atoms with Crippen LogP contribution in [0.5, 0.6) is 0 Å². The maximum Gasteiger partial charge on any atom is 0.401 e. The van der Waals surface area contributed by atoms with E-state index < -0.39 is 12.7 Å². The van der Waals surface area contributed by atoms with Gasteiger partial charge in [-0.1, -0.05) is 6.92 Å². The van der Waals surface area contributed by atoms with E-state index in [0.717, 1.165) is 13.0 Å². The van der Waals surface area contributed by atoms with Crippen molar-refractivity contribution in [2.75, 3.05) is 39.9 Å². The van der Waals surface area contributed by atoms with Crippen LogP contribution < -0.4 is 5.32 Å². The standard InChI is InChI=1S/C11H23F3N2O/c1-4-16(9-11(12,13)14)10(2)8-15-6-5-7-17-3/h10,15H,4-9H2,1-3H3. The molecule has 0 aliphatic carbocycles. The molecule has 0 saturated heterocycles. The molecule has 0 saturated carbocycles. The summed E-state index contributed by atoms with van der Waals surface area (Å²) in [6.07, 6.45) is -3.26. The van der Waals surface area contributed by atoms with Crippen LogP contribution in [0.3, 0.4) is 0 Å². The topological polar surface area (TPSA) is 24.5 Å². The van der Waals surface area contributed by atoms with E-state index in [-0.39, 0.29) is 6.04 Å². The number of methoxy groups -OCH3 is 1. The van der Waals surface area contributed by atoms with Gasteiger partial charge in [-0.05, 0) is 26.4 Å². The van der Waals surface area contributed by atoms with Crippen LogP contribution in [-0.4, -0.2) is 57.0 Å². The first kappa shape index (κ1) is 16.7. The summed E-state index contributed by atoms with van der Waals surface area (Å²) in [6.45, 7) is 5.10. The second kappa shape index (κ2) is 8.72. The second-order valence-corrected chi connectivity index (χ2v) is 4.08. The molecule has 0 amide bonds. The number of alkyl halides is 3. The number of ether oxygens (including phenoxy) is 1. The number of likely N-dealkylation sites (N-methyl/N-ethyl adjacent to an activating group) is 1. The average Bonchev–Trinajstić information content (AvgIpc) is 2.24. The number of hydrogen-bond donors (Lipinski definition) is 1. The minimum Gasteiger partial charge on any atom is -0.385 e. The maximum atomic E-state index is 12.3. The van der Waals surface area contributed by atoms with Gasteiger partial charge in [0.15, 0.2) is 0 Å². The lowest BCUT2D eigenvalue weighted by atomic mass is 10.2. The number of halogens is 3. The highest BCUT2D eigenvalue weighted by Gasteiger charge is 2.31. The van der Waals surface area contributed by atoms with E-state index >= 15 is 0 Å². The van der Waals surface area contributed by atoms with Crippen LogP contribution in [0.1, 0.15) is 20.3 Å². The van der Waals surface area contributed by atoms with Gasteiger partial charge in [0.2, 0.25) is 0 Å². The number of nitrogens with one attached hydrogen (secondary N) is 1. The summed E-state index contributed by atoms with van der Waals surface area (Å²) in [5, 5.41) is 3.13. The molecule has 0 radical (unpaired) electrons. The number of nitrogens with zero attached hydrogens (tertiary/aromatic N) is 1. The van der Waals surface area contributed by atoms with Crippen molar-refractivity contribution in [2.24, 2.45) is 0 Å². The molecule has 104 valence electrons. The third kappa shape index (κ3) is 9.38. The van der Waals surface area contributed by atoms with Crippen molar-refractivity contribution in [2.45, 2.75) is 32.5 Å². The molecule has 1 atom stereocenters. The third-order valence-corrected chi connectivity index (χ3v) is 2.55. The zero-order valence-electron chi connectivity index (χ0n) is 10.8. The van der Waals surface area contributed by atoms with Crippen molar-refractivity contribution in [1.29, 1.82) is 0 Å². The van der Waals surface area contributed by atoms with Gasteiger partial charge in [0.25, 0.3) is 0 Å². The van der Waals surface area contributed by atoms with Gasteiger partial charge >= 0.3 is 6.18 Å². The molecule has 0 aromatic carbocycles. The van der Waals surface area contributed by atoms with E-state index in [2.05, 4.69) is 5.32 Å². The Bertz CT molecular complexity index is 188. The first-order valence-electron chi connectivity index (χ1n) is 5.91. The van der Waals surface area contributed by atoms with Crippen LogP contribution in [0.4, 0.5) is 13.2 Å². The van der Waals surface area contributed by atoms with Gasteiger partial charge in [-0.25, -0.2) is 0 Å². The largest absolute Gasteiger partial charge is 0.401 e. The Hall–Kier alpha value is -0.330. The van der Waals surface area contributed by atoms with Crippen molar-refractivity contribution in [3.63, 3.8) is 0 Å². The first-order valence-corrected chi connectivity index (χ1v) is 5.91. The predicted octanol–water partition coefficient (Wildman–Crippen LogP) is 1.89. The Balaban J connectivity index is 3.80. The monoisotopic (exact) mass is 256 g/mol. The van der Waals surface area contributed by atoms with Gasteiger partial charge in [0, 0.05) is 26.3 Å². The van der Waals surface area contributed by atoms with E-state index in [9.17, 15) is 13.2 Å². The third-order valence-electron chi connectivity index (χ3n) is 2.55. The van der Waals surface area contributed by atoms with Crippen LogP contribution >= 0.6 is 0 Å². The fraction of sp³-hybridized carbons (Fsp3) is 1.00. The average molecular weight is 256 g/mol. The lowest BCUT2D eigenvalue weighted by molar-refractivity contribution is -0.149. The van der Waals surface area contributed by atoms with Gasteiger partial charge in [0.1, 0.15) is 0 Å². The molecule has 0 aliphatic heterocycles. The number of rotatable bonds is 9. The van der Waals surface area contributed by atoms with Crippen LogP contribution in [0.2, 0.25) is 0 Å². The van der Waals surface area contributed by atoms with Gasteiger partial charge in [-0.2, -0.15) is 13.2 Å². The van der Waals surface area contributed by atoms with E-state index in [1.807, 2.05) is 0 Å². The molecule has 3 nitrogen and oxygen atoms in total. The molecule has 0 bridgehead atoms. The van der Waals surface area contributed by atoms with Crippen LogP contribution in [-0.2, 0) is 4.74 Å². The first-order chi connectivity index (χ1) is 7.90. The van der Waals surface area contributed by atoms with Gasteiger partial charge < -0.3 is 10.1 Å². The molecule has 6 heteroatoms. The maximum absolute atomic E-state index is 12.3. The zero-order valence-corrected chi connectivity index (χ0v) is 10.8. The molecule has 0 fully saturated rings. The molecule has 1 N–H and O–H groups in total. The fourth-order valence-electron chi connectivity index (χ4n) is 1.59. The van der Waals surface area contributed by atoms with E-state index in [0.29, 0.717) is 19.7 Å². The molecule has 17 heavy (non-hydrogen) atoms. The summed E-state index contributed by atoms with van der Waals surface area (Å²) >= 11 is 0. The Labute approximate surface area is 101 Å². The van der Waals surface area contributed by atoms with Crippen LogP contribution in [0.15, 0.2) is 0 Å². The Morgan fingerprint density at radius 1 is 1.35 bits per heavy atom. The van der Waals surface area contributed by atoms with Gasteiger partial charge in [-0.3, -0.25) is 4.90 Å². The summed E-state index contributed by atoms with van der Waals surface area (Å²) in [5.74, 6) is 0. The highest BCUT2D eigenvalue weighted by molar-refractivity contribution is 4.71. The molecule has 0 aromatic heterocycles. The van der Waals surface area contributed by atoms with Crippen LogP contribution in [0, 0.1) is 0 Å².